The standard InChI is InChI=1S/C29H23Cl2NO4S/c1-15(2)28-21(27(32-36-28)26-22(30)5-4-6-23(26)31)14-35-19-8-9-20(16(3)11-19)25-13-18-12-17(29(33)34)7-10-24(18)37-25/h4-13,15H,14H2,1-3H3,(H,33,34). The van der Waals surface area contributed by atoms with E-state index in [1.165, 1.54) is 0 Å². The first-order valence-corrected chi connectivity index (χ1v) is 13.2. The molecule has 0 saturated heterocycles. The molecule has 2 heterocycles. The van der Waals surface area contributed by atoms with Crippen LogP contribution in [-0.2, 0) is 6.61 Å². The molecule has 0 unspecified atom stereocenters. The summed E-state index contributed by atoms with van der Waals surface area (Å²) < 4.78 is 12.9. The number of fused-ring (bicyclic) bond motifs is 1. The zero-order valence-electron chi connectivity index (χ0n) is 20.3. The SMILES string of the molecule is Cc1cc(OCc2c(-c3c(Cl)cccc3Cl)noc2C(C)C)ccc1-c1cc2cc(C(=O)O)ccc2s1. The van der Waals surface area contributed by atoms with Crippen molar-refractivity contribution in [1.82, 2.24) is 5.16 Å². The fourth-order valence-electron chi connectivity index (χ4n) is 4.30. The number of carboxylic acids is 1. The van der Waals surface area contributed by atoms with E-state index in [2.05, 4.69) is 5.16 Å². The lowest BCUT2D eigenvalue weighted by atomic mass is 10.0. The van der Waals surface area contributed by atoms with E-state index in [0.29, 0.717) is 27.1 Å². The molecule has 0 saturated carbocycles. The van der Waals surface area contributed by atoms with Gasteiger partial charge < -0.3 is 14.4 Å². The third-order valence-corrected chi connectivity index (χ3v) is 7.93. The summed E-state index contributed by atoms with van der Waals surface area (Å²) in [6, 6.07) is 18.5. The van der Waals surface area contributed by atoms with Crippen LogP contribution in [0.2, 0.25) is 10.0 Å². The number of rotatable bonds is 7. The number of benzene rings is 3. The first-order valence-electron chi connectivity index (χ1n) is 11.7. The molecule has 5 aromatic rings. The maximum absolute atomic E-state index is 11.3. The van der Waals surface area contributed by atoms with Crippen molar-refractivity contribution in [2.75, 3.05) is 0 Å². The summed E-state index contributed by atoms with van der Waals surface area (Å²) >= 11 is 14.5. The number of aryl methyl sites for hydroxylation is 1. The third kappa shape index (κ3) is 4.97. The van der Waals surface area contributed by atoms with Crippen molar-refractivity contribution in [1.29, 1.82) is 0 Å². The Morgan fingerprint density at radius 2 is 1.84 bits per heavy atom. The van der Waals surface area contributed by atoms with Crippen molar-refractivity contribution in [2.24, 2.45) is 0 Å². The predicted molar refractivity (Wildman–Crippen MR) is 149 cm³/mol. The van der Waals surface area contributed by atoms with Crippen LogP contribution in [0.25, 0.3) is 31.8 Å². The lowest BCUT2D eigenvalue weighted by molar-refractivity contribution is 0.0697. The lowest BCUT2D eigenvalue weighted by Gasteiger charge is -2.12. The van der Waals surface area contributed by atoms with Crippen molar-refractivity contribution >= 4 is 50.6 Å². The van der Waals surface area contributed by atoms with Gasteiger partial charge in [-0.05, 0) is 78.0 Å². The average Bonchev–Trinajstić information content (AvgIpc) is 3.46. The highest BCUT2D eigenvalue weighted by atomic mass is 35.5. The predicted octanol–water partition coefficient (Wildman–Crippen LogP) is 9.24. The number of aromatic nitrogens is 1. The van der Waals surface area contributed by atoms with E-state index in [0.717, 1.165) is 37.4 Å². The van der Waals surface area contributed by atoms with E-state index >= 15 is 0 Å². The highest BCUT2D eigenvalue weighted by Gasteiger charge is 2.24. The average molecular weight is 552 g/mol. The third-order valence-electron chi connectivity index (χ3n) is 6.15. The van der Waals surface area contributed by atoms with Gasteiger partial charge in [-0.25, -0.2) is 4.79 Å². The first-order chi connectivity index (χ1) is 17.7. The molecule has 0 radical (unpaired) electrons. The second-order valence-electron chi connectivity index (χ2n) is 9.06. The Labute approximate surface area is 228 Å². The molecule has 188 valence electrons. The number of halogens is 2. The smallest absolute Gasteiger partial charge is 0.335 e. The molecular formula is C29H23Cl2NO4S. The van der Waals surface area contributed by atoms with E-state index in [1.54, 1.807) is 41.7 Å². The molecule has 0 amide bonds. The van der Waals surface area contributed by atoms with Crippen LogP contribution in [0.4, 0.5) is 0 Å². The number of aromatic carboxylic acids is 1. The summed E-state index contributed by atoms with van der Waals surface area (Å²) in [5.41, 5.74) is 4.42. The zero-order valence-corrected chi connectivity index (χ0v) is 22.7. The Balaban J connectivity index is 1.43. The summed E-state index contributed by atoms with van der Waals surface area (Å²) in [6.45, 7) is 6.34. The van der Waals surface area contributed by atoms with Gasteiger partial charge in [0.15, 0.2) is 0 Å². The van der Waals surface area contributed by atoms with E-state index in [-0.39, 0.29) is 18.1 Å². The minimum Gasteiger partial charge on any atom is -0.489 e. The van der Waals surface area contributed by atoms with Gasteiger partial charge in [-0.1, -0.05) is 48.3 Å². The lowest BCUT2D eigenvalue weighted by Crippen LogP contribution is -2.01. The summed E-state index contributed by atoms with van der Waals surface area (Å²) in [5.74, 6) is 0.605. The largest absolute Gasteiger partial charge is 0.489 e. The number of carboxylic acid groups (broad SMARTS) is 1. The van der Waals surface area contributed by atoms with Crippen LogP contribution >= 0.6 is 34.5 Å². The maximum atomic E-state index is 11.3. The van der Waals surface area contributed by atoms with Crippen LogP contribution in [-0.4, -0.2) is 16.2 Å². The molecule has 3 aromatic carbocycles. The second kappa shape index (κ2) is 10.2. The van der Waals surface area contributed by atoms with Crippen molar-refractivity contribution in [2.45, 2.75) is 33.3 Å². The monoisotopic (exact) mass is 551 g/mol. The molecular weight excluding hydrogens is 529 g/mol. The Bertz CT molecular complexity index is 1620. The first kappa shape index (κ1) is 25.3. The molecule has 5 rings (SSSR count). The fraction of sp³-hybridized carbons (Fsp3) is 0.172. The number of thiophene rings is 1. The normalized spacial score (nSPS) is 11.4. The molecule has 2 aromatic heterocycles. The second-order valence-corrected chi connectivity index (χ2v) is 11.0. The molecule has 37 heavy (non-hydrogen) atoms. The summed E-state index contributed by atoms with van der Waals surface area (Å²) in [4.78, 5) is 12.4. The number of hydrogen-bond donors (Lipinski definition) is 1. The van der Waals surface area contributed by atoms with E-state index in [9.17, 15) is 9.90 Å². The van der Waals surface area contributed by atoms with Crippen LogP contribution in [0.15, 0.2) is 65.2 Å². The molecule has 1 N–H and O–H groups in total. The van der Waals surface area contributed by atoms with Crippen molar-refractivity contribution in [3.8, 4) is 27.4 Å². The Kier molecular flexibility index (Phi) is 6.99. The van der Waals surface area contributed by atoms with Crippen molar-refractivity contribution in [3.63, 3.8) is 0 Å². The van der Waals surface area contributed by atoms with Gasteiger partial charge in [-0.3, -0.25) is 0 Å². The van der Waals surface area contributed by atoms with E-state index < -0.39 is 5.97 Å². The molecule has 0 aliphatic carbocycles. The van der Waals surface area contributed by atoms with Gasteiger partial charge in [-0.15, -0.1) is 11.3 Å². The van der Waals surface area contributed by atoms with Gasteiger partial charge in [0.2, 0.25) is 0 Å². The molecule has 0 aliphatic rings. The Morgan fingerprint density at radius 3 is 2.51 bits per heavy atom. The number of nitrogens with zero attached hydrogens (tertiary/aromatic N) is 1. The zero-order chi connectivity index (χ0) is 26.3. The summed E-state index contributed by atoms with van der Waals surface area (Å²) in [6.07, 6.45) is 0. The van der Waals surface area contributed by atoms with Gasteiger partial charge in [0, 0.05) is 21.1 Å². The van der Waals surface area contributed by atoms with Crippen LogP contribution < -0.4 is 4.74 Å². The van der Waals surface area contributed by atoms with Gasteiger partial charge in [0.05, 0.1) is 21.2 Å². The maximum Gasteiger partial charge on any atom is 0.335 e. The highest BCUT2D eigenvalue weighted by Crippen LogP contribution is 2.40. The number of ether oxygens (including phenoxy) is 1. The highest BCUT2D eigenvalue weighted by molar-refractivity contribution is 7.22. The van der Waals surface area contributed by atoms with Crippen LogP contribution in [0.3, 0.4) is 0 Å². The van der Waals surface area contributed by atoms with Gasteiger partial charge >= 0.3 is 5.97 Å². The molecule has 5 nitrogen and oxygen atoms in total. The fourth-order valence-corrected chi connectivity index (χ4v) is 6.01. The van der Waals surface area contributed by atoms with Crippen LogP contribution in [0.1, 0.15) is 47.0 Å². The topological polar surface area (TPSA) is 72.6 Å². The van der Waals surface area contributed by atoms with Crippen molar-refractivity contribution < 1.29 is 19.2 Å². The number of hydrogen-bond acceptors (Lipinski definition) is 5. The minimum atomic E-state index is -0.930. The Hall–Kier alpha value is -3.32. The summed E-state index contributed by atoms with van der Waals surface area (Å²) in [7, 11) is 0. The van der Waals surface area contributed by atoms with Gasteiger partial charge in [-0.2, -0.15) is 0 Å². The quantitative estimate of drug-likeness (QED) is 0.218. The van der Waals surface area contributed by atoms with E-state index in [4.69, 9.17) is 32.5 Å². The molecule has 8 heteroatoms. The molecule has 0 spiro atoms. The molecule has 0 fully saturated rings. The van der Waals surface area contributed by atoms with E-state index in [1.807, 2.05) is 51.1 Å². The minimum absolute atomic E-state index is 0.0971. The molecule has 0 aliphatic heterocycles. The number of carbonyl (C=O) groups is 1. The molecule has 0 atom stereocenters. The van der Waals surface area contributed by atoms with Crippen molar-refractivity contribution in [3.05, 3.63) is 93.2 Å². The summed E-state index contributed by atoms with van der Waals surface area (Å²) in [5, 5.41) is 15.5. The Morgan fingerprint density at radius 1 is 1.08 bits per heavy atom. The molecule has 0 bridgehead atoms. The van der Waals surface area contributed by atoms with Crippen LogP contribution in [0.5, 0.6) is 5.75 Å². The van der Waals surface area contributed by atoms with Gasteiger partial charge in [0.1, 0.15) is 23.8 Å². The van der Waals surface area contributed by atoms with Crippen LogP contribution in [0, 0.1) is 6.92 Å². The van der Waals surface area contributed by atoms with Gasteiger partial charge in [0.25, 0.3) is 0 Å².